The number of para-hydroxylation sites is 1. The second-order valence-corrected chi connectivity index (χ2v) is 10.2. The van der Waals surface area contributed by atoms with Crippen LogP contribution in [-0.4, -0.2) is 75.9 Å². The van der Waals surface area contributed by atoms with Crippen LogP contribution in [0.1, 0.15) is 44.1 Å². The van der Waals surface area contributed by atoms with E-state index in [9.17, 15) is 4.79 Å². The predicted molar refractivity (Wildman–Crippen MR) is 128 cm³/mol. The Morgan fingerprint density at radius 1 is 1.19 bits per heavy atom. The van der Waals surface area contributed by atoms with Gasteiger partial charge in [-0.3, -0.25) is 9.69 Å². The van der Waals surface area contributed by atoms with Crippen LogP contribution in [0.5, 0.6) is 0 Å². The number of carbonyl (C=O) groups is 1. The number of nitrogens with zero attached hydrogens (tertiary/aromatic N) is 2. The number of benzene rings is 1. The average molecular weight is 441 g/mol. The number of fused-ring (bicyclic) bond motifs is 2. The van der Waals surface area contributed by atoms with E-state index < -0.39 is 0 Å². The van der Waals surface area contributed by atoms with E-state index in [-0.39, 0.29) is 5.41 Å². The molecular weight excluding hydrogens is 400 g/mol. The van der Waals surface area contributed by atoms with Gasteiger partial charge in [0.15, 0.2) is 0 Å². The summed E-state index contributed by atoms with van der Waals surface area (Å²) in [5.74, 6) is 0.800. The third-order valence-electron chi connectivity index (χ3n) is 8.48. The number of carbonyl (C=O) groups excluding carboxylic acids is 1. The first-order valence-electron chi connectivity index (χ1n) is 12.9. The van der Waals surface area contributed by atoms with E-state index in [0.29, 0.717) is 17.9 Å². The summed E-state index contributed by atoms with van der Waals surface area (Å²) < 4.78 is 5.55. The standard InChI is InChI=1S/C26H40N4O2/c31-25(28-11-4-14-30-13-3-6-21-5-1-2-7-24(21)30)26-10-8-23(29-15-17-32-18-16-29)19-22(26)9-12-27-20-26/h1-2,5,7,22-23,27H,3-4,6,8-20H2,(H,28,31)/t22-,23+,26-/m1/s1. The monoisotopic (exact) mass is 440 g/mol. The molecule has 4 aliphatic rings. The molecule has 3 aliphatic heterocycles. The largest absolute Gasteiger partial charge is 0.379 e. The van der Waals surface area contributed by atoms with Gasteiger partial charge in [-0.2, -0.15) is 0 Å². The van der Waals surface area contributed by atoms with Crippen molar-refractivity contribution in [2.75, 3.05) is 63.9 Å². The minimum absolute atomic E-state index is 0.210. The summed E-state index contributed by atoms with van der Waals surface area (Å²) in [6, 6.07) is 9.41. The molecule has 1 aromatic carbocycles. The van der Waals surface area contributed by atoms with Crippen LogP contribution in [0.4, 0.5) is 5.69 Å². The summed E-state index contributed by atoms with van der Waals surface area (Å²) in [5, 5.41) is 6.91. The van der Waals surface area contributed by atoms with Crippen molar-refractivity contribution in [2.45, 2.75) is 51.0 Å². The molecule has 6 nitrogen and oxygen atoms in total. The fourth-order valence-electron chi connectivity index (χ4n) is 6.66. The van der Waals surface area contributed by atoms with Crippen LogP contribution in [0.3, 0.4) is 0 Å². The van der Waals surface area contributed by atoms with E-state index in [1.807, 2.05) is 0 Å². The molecule has 1 saturated carbocycles. The normalized spacial score (nSPS) is 30.9. The average Bonchev–Trinajstić information content (AvgIpc) is 2.86. The molecule has 5 rings (SSSR count). The number of rotatable bonds is 6. The van der Waals surface area contributed by atoms with Crippen LogP contribution in [0.25, 0.3) is 0 Å². The molecule has 2 saturated heterocycles. The molecule has 3 fully saturated rings. The van der Waals surface area contributed by atoms with Crippen molar-refractivity contribution in [3.63, 3.8) is 0 Å². The predicted octanol–water partition coefficient (Wildman–Crippen LogP) is 2.43. The van der Waals surface area contributed by atoms with Crippen LogP contribution < -0.4 is 15.5 Å². The smallest absolute Gasteiger partial charge is 0.227 e. The third-order valence-corrected chi connectivity index (χ3v) is 8.48. The van der Waals surface area contributed by atoms with Crippen LogP contribution >= 0.6 is 0 Å². The molecule has 6 heteroatoms. The van der Waals surface area contributed by atoms with E-state index in [1.54, 1.807) is 0 Å². The molecular formula is C26H40N4O2. The van der Waals surface area contributed by atoms with Gasteiger partial charge in [0.05, 0.1) is 18.6 Å². The van der Waals surface area contributed by atoms with Crippen molar-refractivity contribution in [1.82, 2.24) is 15.5 Å². The van der Waals surface area contributed by atoms with Gasteiger partial charge in [0.2, 0.25) is 5.91 Å². The lowest BCUT2D eigenvalue weighted by Gasteiger charge is -2.51. The summed E-state index contributed by atoms with van der Waals surface area (Å²) in [5.41, 5.74) is 2.65. The number of piperidine rings is 1. The van der Waals surface area contributed by atoms with Crippen LogP contribution in [0, 0.1) is 11.3 Å². The van der Waals surface area contributed by atoms with E-state index >= 15 is 0 Å². The maximum absolute atomic E-state index is 13.5. The first kappa shape index (κ1) is 22.2. The Bertz CT molecular complexity index is 781. The Balaban J connectivity index is 1.14. The maximum Gasteiger partial charge on any atom is 0.227 e. The molecule has 0 unspecified atom stereocenters. The lowest BCUT2D eigenvalue weighted by molar-refractivity contribution is -0.140. The molecule has 32 heavy (non-hydrogen) atoms. The van der Waals surface area contributed by atoms with Crippen LogP contribution in [-0.2, 0) is 16.0 Å². The maximum atomic E-state index is 13.5. The molecule has 1 amide bonds. The summed E-state index contributed by atoms with van der Waals surface area (Å²) in [6.45, 7) is 8.63. The van der Waals surface area contributed by atoms with Crippen molar-refractivity contribution in [3.8, 4) is 0 Å². The topological polar surface area (TPSA) is 56.8 Å². The molecule has 3 heterocycles. The highest BCUT2D eigenvalue weighted by Crippen LogP contribution is 2.46. The van der Waals surface area contributed by atoms with E-state index in [0.717, 1.165) is 84.7 Å². The first-order valence-corrected chi connectivity index (χ1v) is 12.9. The molecule has 1 aliphatic carbocycles. The Hall–Kier alpha value is -1.63. The highest BCUT2D eigenvalue weighted by Gasteiger charge is 2.50. The molecule has 0 aromatic heterocycles. The zero-order valence-electron chi connectivity index (χ0n) is 19.5. The molecule has 3 atom stereocenters. The Labute approximate surface area is 193 Å². The number of amides is 1. The lowest BCUT2D eigenvalue weighted by atomic mass is 9.61. The highest BCUT2D eigenvalue weighted by atomic mass is 16.5. The van der Waals surface area contributed by atoms with Gasteiger partial charge in [-0.25, -0.2) is 0 Å². The molecule has 176 valence electrons. The number of hydrogen-bond acceptors (Lipinski definition) is 5. The SMILES string of the molecule is O=C(NCCCN1CCCc2ccccc21)[C@@]12CC[C@H](N3CCOCC3)C[C@H]1CCNC2. The molecule has 0 spiro atoms. The molecule has 0 radical (unpaired) electrons. The van der Waals surface area contributed by atoms with Crippen molar-refractivity contribution in [2.24, 2.45) is 11.3 Å². The second-order valence-electron chi connectivity index (χ2n) is 10.2. The van der Waals surface area contributed by atoms with Gasteiger partial charge in [-0.15, -0.1) is 0 Å². The number of aryl methyl sites for hydroxylation is 1. The summed E-state index contributed by atoms with van der Waals surface area (Å²) in [7, 11) is 0. The quantitative estimate of drug-likeness (QED) is 0.666. The van der Waals surface area contributed by atoms with Crippen molar-refractivity contribution >= 4 is 11.6 Å². The van der Waals surface area contributed by atoms with Crippen LogP contribution in [0.2, 0.25) is 0 Å². The summed E-state index contributed by atoms with van der Waals surface area (Å²) >= 11 is 0. The molecule has 2 N–H and O–H groups in total. The van der Waals surface area contributed by atoms with Gasteiger partial charge < -0.3 is 20.3 Å². The zero-order valence-corrected chi connectivity index (χ0v) is 19.5. The van der Waals surface area contributed by atoms with E-state index in [2.05, 4.69) is 44.7 Å². The van der Waals surface area contributed by atoms with E-state index in [4.69, 9.17) is 4.74 Å². The molecule has 0 bridgehead atoms. The number of morpholine rings is 1. The number of anilines is 1. The zero-order chi connectivity index (χ0) is 21.8. The van der Waals surface area contributed by atoms with Gasteiger partial charge in [-0.05, 0) is 69.0 Å². The molecule has 1 aromatic rings. The Morgan fingerprint density at radius 2 is 2.06 bits per heavy atom. The van der Waals surface area contributed by atoms with Gasteiger partial charge in [0.1, 0.15) is 0 Å². The lowest BCUT2D eigenvalue weighted by Crippen LogP contribution is -2.60. The highest BCUT2D eigenvalue weighted by molar-refractivity contribution is 5.83. The minimum Gasteiger partial charge on any atom is -0.379 e. The number of hydrogen-bond donors (Lipinski definition) is 2. The summed E-state index contributed by atoms with van der Waals surface area (Å²) in [6.07, 6.45) is 7.85. The van der Waals surface area contributed by atoms with Gasteiger partial charge in [-0.1, -0.05) is 18.2 Å². The Morgan fingerprint density at radius 3 is 2.97 bits per heavy atom. The Kier molecular flexibility index (Phi) is 7.00. The fraction of sp³-hybridized carbons (Fsp3) is 0.731. The van der Waals surface area contributed by atoms with Gasteiger partial charge in [0.25, 0.3) is 0 Å². The summed E-state index contributed by atoms with van der Waals surface area (Å²) in [4.78, 5) is 18.6. The third kappa shape index (κ3) is 4.55. The number of nitrogens with one attached hydrogen (secondary N) is 2. The van der Waals surface area contributed by atoms with Crippen molar-refractivity contribution < 1.29 is 9.53 Å². The number of ether oxygens (including phenoxy) is 1. The van der Waals surface area contributed by atoms with Crippen LogP contribution in [0.15, 0.2) is 24.3 Å². The minimum atomic E-state index is -0.210. The fourth-order valence-corrected chi connectivity index (χ4v) is 6.66. The first-order chi connectivity index (χ1) is 15.8. The van der Waals surface area contributed by atoms with Gasteiger partial charge >= 0.3 is 0 Å². The van der Waals surface area contributed by atoms with Crippen molar-refractivity contribution in [3.05, 3.63) is 29.8 Å². The van der Waals surface area contributed by atoms with Crippen molar-refractivity contribution in [1.29, 1.82) is 0 Å². The second kappa shape index (κ2) is 10.1. The van der Waals surface area contributed by atoms with Gasteiger partial charge in [0, 0.05) is 51.0 Å². The van der Waals surface area contributed by atoms with E-state index in [1.165, 1.54) is 30.5 Å².